The lowest BCUT2D eigenvalue weighted by atomic mass is 10.0. The Kier molecular flexibility index (Phi) is 5.44. The largest absolute Gasteiger partial charge is 0.497 e. The summed E-state index contributed by atoms with van der Waals surface area (Å²) in [5, 5.41) is 3.56. The predicted molar refractivity (Wildman–Crippen MR) is 84.2 cm³/mol. The Morgan fingerprint density at radius 3 is 2.15 bits per heavy atom. The molecule has 1 fully saturated rings. The first-order chi connectivity index (χ1) is 9.60. The molecule has 3 heteroatoms. The van der Waals surface area contributed by atoms with E-state index in [9.17, 15) is 0 Å². The lowest BCUT2D eigenvalue weighted by Gasteiger charge is -2.36. The Balaban J connectivity index is 2.09. The standard InChI is InChI=1S/C17H28N2O/c1-13-9-18-10-14(2)12-19(11-13)15(3)16-5-7-17(20-4)8-6-16/h5-8,13-15,18H,9-12H2,1-4H3. The molecule has 1 aromatic rings. The fourth-order valence-electron chi connectivity index (χ4n) is 2.99. The zero-order valence-corrected chi connectivity index (χ0v) is 13.2. The van der Waals surface area contributed by atoms with Gasteiger partial charge >= 0.3 is 0 Å². The van der Waals surface area contributed by atoms with Gasteiger partial charge in [0.25, 0.3) is 0 Å². The zero-order valence-electron chi connectivity index (χ0n) is 13.2. The third-order valence-corrected chi connectivity index (χ3v) is 4.22. The lowest BCUT2D eigenvalue weighted by molar-refractivity contribution is 0.142. The van der Waals surface area contributed by atoms with Crippen molar-refractivity contribution in [3.63, 3.8) is 0 Å². The summed E-state index contributed by atoms with van der Waals surface area (Å²) in [6.07, 6.45) is 0. The Bertz CT molecular complexity index is 392. The van der Waals surface area contributed by atoms with E-state index >= 15 is 0 Å². The summed E-state index contributed by atoms with van der Waals surface area (Å²) >= 11 is 0. The van der Waals surface area contributed by atoms with Crippen LogP contribution in [0.4, 0.5) is 0 Å². The van der Waals surface area contributed by atoms with Crippen molar-refractivity contribution in [1.82, 2.24) is 10.2 Å². The fourth-order valence-corrected chi connectivity index (χ4v) is 2.99. The summed E-state index contributed by atoms with van der Waals surface area (Å²) in [5.74, 6) is 2.32. The maximum atomic E-state index is 5.24. The predicted octanol–water partition coefficient (Wildman–Crippen LogP) is 2.93. The average molecular weight is 276 g/mol. The number of benzene rings is 1. The van der Waals surface area contributed by atoms with Gasteiger partial charge in [0, 0.05) is 19.1 Å². The van der Waals surface area contributed by atoms with E-state index in [1.54, 1.807) is 7.11 Å². The Morgan fingerprint density at radius 2 is 1.65 bits per heavy atom. The van der Waals surface area contributed by atoms with E-state index in [0.29, 0.717) is 17.9 Å². The number of nitrogens with one attached hydrogen (secondary N) is 1. The molecule has 3 unspecified atom stereocenters. The minimum Gasteiger partial charge on any atom is -0.497 e. The molecule has 0 amide bonds. The van der Waals surface area contributed by atoms with Crippen LogP contribution < -0.4 is 10.1 Å². The average Bonchev–Trinajstić information content (AvgIpc) is 2.44. The van der Waals surface area contributed by atoms with Crippen LogP contribution in [0.3, 0.4) is 0 Å². The van der Waals surface area contributed by atoms with Gasteiger partial charge < -0.3 is 10.1 Å². The third-order valence-electron chi connectivity index (χ3n) is 4.22. The number of ether oxygens (including phenoxy) is 1. The van der Waals surface area contributed by atoms with Crippen molar-refractivity contribution in [2.24, 2.45) is 11.8 Å². The monoisotopic (exact) mass is 276 g/mol. The van der Waals surface area contributed by atoms with Gasteiger partial charge in [-0.25, -0.2) is 0 Å². The lowest BCUT2D eigenvalue weighted by Crippen LogP contribution is -2.43. The van der Waals surface area contributed by atoms with E-state index in [4.69, 9.17) is 4.74 Å². The van der Waals surface area contributed by atoms with E-state index < -0.39 is 0 Å². The van der Waals surface area contributed by atoms with Crippen LogP contribution in [0.5, 0.6) is 5.75 Å². The second-order valence-electron chi connectivity index (χ2n) is 6.27. The number of nitrogens with zero attached hydrogens (tertiary/aromatic N) is 1. The summed E-state index contributed by atoms with van der Waals surface area (Å²) in [6.45, 7) is 11.5. The molecule has 0 spiro atoms. The van der Waals surface area contributed by atoms with Crippen molar-refractivity contribution in [2.45, 2.75) is 26.8 Å². The molecule has 0 aromatic heterocycles. The number of hydrogen-bond donors (Lipinski definition) is 1. The maximum Gasteiger partial charge on any atom is 0.118 e. The molecule has 0 aliphatic carbocycles. The van der Waals surface area contributed by atoms with Crippen LogP contribution in [-0.2, 0) is 0 Å². The van der Waals surface area contributed by atoms with Gasteiger partial charge in [-0.15, -0.1) is 0 Å². The van der Waals surface area contributed by atoms with E-state index in [1.807, 2.05) is 0 Å². The highest BCUT2D eigenvalue weighted by atomic mass is 16.5. The summed E-state index contributed by atoms with van der Waals surface area (Å²) in [5.41, 5.74) is 1.37. The summed E-state index contributed by atoms with van der Waals surface area (Å²) in [6, 6.07) is 8.96. The molecule has 1 N–H and O–H groups in total. The minimum absolute atomic E-state index is 0.462. The Labute approximate surface area is 123 Å². The zero-order chi connectivity index (χ0) is 14.5. The summed E-state index contributed by atoms with van der Waals surface area (Å²) in [7, 11) is 1.72. The maximum absolute atomic E-state index is 5.24. The highest BCUT2D eigenvalue weighted by Gasteiger charge is 2.22. The second kappa shape index (κ2) is 7.09. The highest BCUT2D eigenvalue weighted by Crippen LogP contribution is 2.25. The third kappa shape index (κ3) is 3.97. The smallest absolute Gasteiger partial charge is 0.118 e. The minimum atomic E-state index is 0.462. The Morgan fingerprint density at radius 1 is 1.10 bits per heavy atom. The van der Waals surface area contributed by atoms with Crippen LogP contribution in [0.25, 0.3) is 0 Å². The highest BCUT2D eigenvalue weighted by molar-refractivity contribution is 5.28. The topological polar surface area (TPSA) is 24.5 Å². The van der Waals surface area contributed by atoms with Crippen LogP contribution in [0.15, 0.2) is 24.3 Å². The molecular weight excluding hydrogens is 248 g/mol. The van der Waals surface area contributed by atoms with Gasteiger partial charge in [0.2, 0.25) is 0 Å². The molecule has 2 rings (SSSR count). The van der Waals surface area contributed by atoms with Gasteiger partial charge in [-0.05, 0) is 49.5 Å². The molecule has 1 heterocycles. The molecule has 1 aromatic carbocycles. The van der Waals surface area contributed by atoms with Crippen molar-refractivity contribution in [3.8, 4) is 5.75 Å². The molecule has 1 saturated heterocycles. The molecule has 3 nitrogen and oxygen atoms in total. The molecule has 20 heavy (non-hydrogen) atoms. The summed E-state index contributed by atoms with van der Waals surface area (Å²) < 4.78 is 5.24. The molecule has 0 bridgehead atoms. The van der Waals surface area contributed by atoms with Crippen LogP contribution in [0, 0.1) is 11.8 Å². The van der Waals surface area contributed by atoms with E-state index in [-0.39, 0.29) is 0 Å². The Hall–Kier alpha value is -1.06. The SMILES string of the molecule is COc1ccc(C(C)N2CC(C)CNCC(C)C2)cc1. The van der Waals surface area contributed by atoms with Gasteiger partial charge in [-0.1, -0.05) is 26.0 Å². The molecule has 1 aliphatic heterocycles. The first-order valence-electron chi connectivity index (χ1n) is 7.69. The number of methoxy groups -OCH3 is 1. The van der Waals surface area contributed by atoms with Crippen LogP contribution >= 0.6 is 0 Å². The van der Waals surface area contributed by atoms with Crippen LogP contribution in [-0.4, -0.2) is 38.2 Å². The molecule has 0 saturated carbocycles. The van der Waals surface area contributed by atoms with Crippen molar-refractivity contribution >= 4 is 0 Å². The van der Waals surface area contributed by atoms with Crippen molar-refractivity contribution in [1.29, 1.82) is 0 Å². The van der Waals surface area contributed by atoms with Crippen LogP contribution in [0.2, 0.25) is 0 Å². The van der Waals surface area contributed by atoms with Crippen LogP contribution in [0.1, 0.15) is 32.4 Å². The second-order valence-corrected chi connectivity index (χ2v) is 6.27. The van der Waals surface area contributed by atoms with E-state index in [2.05, 4.69) is 55.3 Å². The van der Waals surface area contributed by atoms with Gasteiger partial charge in [0.05, 0.1) is 7.11 Å². The summed E-state index contributed by atoms with van der Waals surface area (Å²) in [4.78, 5) is 2.62. The van der Waals surface area contributed by atoms with Gasteiger partial charge in [-0.3, -0.25) is 4.90 Å². The van der Waals surface area contributed by atoms with Crippen molar-refractivity contribution < 1.29 is 4.74 Å². The normalized spacial score (nSPS) is 26.6. The van der Waals surface area contributed by atoms with E-state index in [0.717, 1.165) is 31.9 Å². The van der Waals surface area contributed by atoms with Crippen molar-refractivity contribution in [2.75, 3.05) is 33.3 Å². The molecule has 112 valence electrons. The van der Waals surface area contributed by atoms with E-state index in [1.165, 1.54) is 5.56 Å². The van der Waals surface area contributed by atoms with Gasteiger partial charge in [0.15, 0.2) is 0 Å². The van der Waals surface area contributed by atoms with Gasteiger partial charge in [-0.2, -0.15) is 0 Å². The number of hydrogen-bond acceptors (Lipinski definition) is 3. The fraction of sp³-hybridized carbons (Fsp3) is 0.647. The number of rotatable bonds is 3. The quantitative estimate of drug-likeness (QED) is 0.918. The first kappa shape index (κ1) is 15.3. The molecule has 1 aliphatic rings. The van der Waals surface area contributed by atoms with Crippen molar-refractivity contribution in [3.05, 3.63) is 29.8 Å². The van der Waals surface area contributed by atoms with Gasteiger partial charge in [0.1, 0.15) is 5.75 Å². The molecule has 0 radical (unpaired) electrons. The molecule has 3 atom stereocenters. The molecular formula is C17H28N2O. The first-order valence-corrected chi connectivity index (χ1v) is 7.69.